The molecule has 0 bridgehead atoms. The van der Waals surface area contributed by atoms with Crippen LogP contribution in [0.3, 0.4) is 0 Å². The third-order valence-electron chi connectivity index (χ3n) is 4.71. The van der Waals surface area contributed by atoms with E-state index in [2.05, 4.69) is 15.3 Å². The minimum absolute atomic E-state index is 0.290. The van der Waals surface area contributed by atoms with Gasteiger partial charge in [0.2, 0.25) is 5.88 Å². The monoisotopic (exact) mass is 445 g/mol. The molecule has 0 atom stereocenters. The lowest BCUT2D eigenvalue weighted by Gasteiger charge is -2.12. The van der Waals surface area contributed by atoms with Crippen molar-refractivity contribution in [1.82, 2.24) is 9.97 Å². The van der Waals surface area contributed by atoms with Gasteiger partial charge in [-0.25, -0.2) is 9.37 Å². The molecule has 0 fully saturated rings. The smallest absolute Gasteiger partial charge is 0.255 e. The van der Waals surface area contributed by atoms with Crippen molar-refractivity contribution >= 4 is 11.6 Å². The Morgan fingerprint density at radius 3 is 2.48 bits per heavy atom. The van der Waals surface area contributed by atoms with Gasteiger partial charge in [0.15, 0.2) is 5.82 Å². The first-order chi connectivity index (χ1) is 16.1. The maximum atomic E-state index is 13.2. The Balaban J connectivity index is 1.51. The molecule has 1 heterocycles. The number of hydrogen-bond acceptors (Lipinski definition) is 6. The normalized spacial score (nSPS) is 10.4. The molecule has 0 aliphatic carbocycles. The maximum Gasteiger partial charge on any atom is 0.255 e. The molecule has 1 aromatic heterocycles. The Morgan fingerprint density at radius 1 is 0.909 bits per heavy atom. The van der Waals surface area contributed by atoms with Gasteiger partial charge >= 0.3 is 0 Å². The Morgan fingerprint density at radius 2 is 1.73 bits per heavy atom. The molecule has 4 rings (SSSR count). The van der Waals surface area contributed by atoms with Crippen LogP contribution in [-0.2, 0) is 0 Å². The average molecular weight is 445 g/mol. The van der Waals surface area contributed by atoms with Crippen LogP contribution in [0.1, 0.15) is 10.4 Å². The second kappa shape index (κ2) is 9.78. The van der Waals surface area contributed by atoms with Crippen LogP contribution in [0.2, 0.25) is 0 Å². The largest absolute Gasteiger partial charge is 0.497 e. The van der Waals surface area contributed by atoms with Crippen molar-refractivity contribution < 1.29 is 23.4 Å². The van der Waals surface area contributed by atoms with Gasteiger partial charge in [-0.3, -0.25) is 4.79 Å². The van der Waals surface area contributed by atoms with Crippen LogP contribution >= 0.6 is 0 Å². The molecule has 0 aliphatic rings. The molecule has 1 N–H and O–H groups in total. The van der Waals surface area contributed by atoms with Gasteiger partial charge in [-0.2, -0.15) is 4.98 Å². The summed E-state index contributed by atoms with van der Waals surface area (Å²) in [6.45, 7) is 0. The van der Waals surface area contributed by atoms with Crippen molar-refractivity contribution in [1.29, 1.82) is 0 Å². The summed E-state index contributed by atoms with van der Waals surface area (Å²) in [7, 11) is 3.07. The molecule has 0 saturated carbocycles. The maximum absolute atomic E-state index is 13.2. The fourth-order valence-electron chi connectivity index (χ4n) is 3.05. The van der Waals surface area contributed by atoms with Crippen LogP contribution < -0.4 is 19.5 Å². The minimum atomic E-state index is -0.339. The number of hydrogen-bond donors (Lipinski definition) is 1. The number of halogens is 1. The topological polar surface area (TPSA) is 82.6 Å². The predicted octanol–water partition coefficient (Wildman–Crippen LogP) is 5.34. The number of nitrogens with one attached hydrogen (secondary N) is 1. The second-order valence-electron chi connectivity index (χ2n) is 6.88. The number of ether oxygens (including phenoxy) is 3. The Hall–Kier alpha value is -4.46. The van der Waals surface area contributed by atoms with Crippen LogP contribution in [-0.4, -0.2) is 30.1 Å². The number of anilines is 1. The van der Waals surface area contributed by atoms with E-state index in [4.69, 9.17) is 14.2 Å². The van der Waals surface area contributed by atoms with E-state index in [9.17, 15) is 9.18 Å². The molecule has 4 aromatic rings. The summed E-state index contributed by atoms with van der Waals surface area (Å²) in [5, 5.41) is 2.82. The molecular formula is C25H20FN3O4. The minimum Gasteiger partial charge on any atom is -0.497 e. The lowest BCUT2D eigenvalue weighted by molar-refractivity contribution is 0.102. The zero-order chi connectivity index (χ0) is 23.2. The molecule has 0 unspecified atom stereocenters. The van der Waals surface area contributed by atoms with Crippen LogP contribution in [0.25, 0.3) is 11.4 Å². The Bertz CT molecular complexity index is 1280. The Kier molecular flexibility index (Phi) is 6.45. The molecule has 33 heavy (non-hydrogen) atoms. The number of carbonyl (C=O) groups excluding carboxylic acids is 1. The zero-order valence-corrected chi connectivity index (χ0v) is 17.9. The SMILES string of the molecule is COc1ccc(NC(=O)c2cccc(Oc3ccnc(-c4ccc(F)cc4)n3)c2)c(OC)c1. The standard InChI is InChI=1S/C25H20FN3O4/c1-31-19-10-11-21(22(15-19)32-2)28-25(30)17-4-3-5-20(14-17)33-23-12-13-27-24(29-23)16-6-8-18(26)9-7-16/h3-15H,1-2H3,(H,28,30). The van der Waals surface area contributed by atoms with Crippen LogP contribution in [0.5, 0.6) is 23.1 Å². The van der Waals surface area contributed by atoms with Crippen molar-refractivity contribution in [2.75, 3.05) is 19.5 Å². The number of rotatable bonds is 7. The molecule has 0 aliphatic heterocycles. The van der Waals surface area contributed by atoms with E-state index in [-0.39, 0.29) is 11.7 Å². The predicted molar refractivity (Wildman–Crippen MR) is 121 cm³/mol. The first kappa shape index (κ1) is 21.8. The highest BCUT2D eigenvalue weighted by atomic mass is 19.1. The molecule has 3 aromatic carbocycles. The number of amides is 1. The first-order valence-electron chi connectivity index (χ1n) is 9.96. The van der Waals surface area contributed by atoms with Crippen molar-refractivity contribution in [3.63, 3.8) is 0 Å². The van der Waals surface area contributed by atoms with Crippen molar-refractivity contribution in [2.45, 2.75) is 0 Å². The highest BCUT2D eigenvalue weighted by molar-refractivity contribution is 6.05. The van der Waals surface area contributed by atoms with E-state index in [1.807, 2.05) is 0 Å². The third kappa shape index (κ3) is 5.24. The molecule has 8 heteroatoms. The first-order valence-corrected chi connectivity index (χ1v) is 9.96. The van der Waals surface area contributed by atoms with Crippen LogP contribution in [0.15, 0.2) is 79.0 Å². The average Bonchev–Trinajstić information content (AvgIpc) is 2.85. The lowest BCUT2D eigenvalue weighted by atomic mass is 10.2. The second-order valence-corrected chi connectivity index (χ2v) is 6.88. The highest BCUT2D eigenvalue weighted by Crippen LogP contribution is 2.30. The van der Waals surface area contributed by atoms with Gasteiger partial charge < -0.3 is 19.5 Å². The van der Waals surface area contributed by atoms with Gasteiger partial charge in [-0.05, 0) is 54.6 Å². The Labute approximate surface area is 189 Å². The lowest BCUT2D eigenvalue weighted by Crippen LogP contribution is -2.12. The summed E-state index contributed by atoms with van der Waals surface area (Å²) >= 11 is 0. The van der Waals surface area contributed by atoms with Gasteiger partial charge in [0.25, 0.3) is 5.91 Å². The van der Waals surface area contributed by atoms with Crippen LogP contribution in [0.4, 0.5) is 10.1 Å². The molecular weight excluding hydrogens is 425 g/mol. The van der Waals surface area contributed by atoms with E-state index in [1.54, 1.807) is 74.0 Å². The van der Waals surface area contributed by atoms with Crippen molar-refractivity contribution in [2.24, 2.45) is 0 Å². The fraction of sp³-hybridized carbons (Fsp3) is 0.0800. The number of nitrogens with zero attached hydrogens (tertiary/aromatic N) is 2. The summed E-state index contributed by atoms with van der Waals surface area (Å²) in [6, 6.07) is 19.3. The van der Waals surface area contributed by atoms with E-state index in [0.29, 0.717) is 45.8 Å². The van der Waals surface area contributed by atoms with Gasteiger partial charge in [0.1, 0.15) is 23.1 Å². The number of carbonyl (C=O) groups is 1. The van der Waals surface area contributed by atoms with E-state index in [1.165, 1.54) is 19.2 Å². The molecule has 0 radical (unpaired) electrons. The molecule has 7 nitrogen and oxygen atoms in total. The van der Waals surface area contributed by atoms with Gasteiger partial charge in [-0.15, -0.1) is 0 Å². The molecule has 0 spiro atoms. The van der Waals surface area contributed by atoms with Gasteiger partial charge in [0, 0.05) is 29.5 Å². The quantitative estimate of drug-likeness (QED) is 0.413. The number of aromatic nitrogens is 2. The molecule has 166 valence electrons. The summed E-state index contributed by atoms with van der Waals surface area (Å²) in [4.78, 5) is 21.4. The summed E-state index contributed by atoms with van der Waals surface area (Å²) in [5.41, 5.74) is 1.55. The summed E-state index contributed by atoms with van der Waals surface area (Å²) in [6.07, 6.45) is 1.55. The number of methoxy groups -OCH3 is 2. The van der Waals surface area contributed by atoms with E-state index < -0.39 is 0 Å². The highest BCUT2D eigenvalue weighted by Gasteiger charge is 2.12. The summed E-state index contributed by atoms with van der Waals surface area (Å²) in [5.74, 6) is 1.53. The molecule has 1 amide bonds. The van der Waals surface area contributed by atoms with Crippen molar-refractivity contribution in [3.05, 3.63) is 90.4 Å². The fourth-order valence-corrected chi connectivity index (χ4v) is 3.05. The van der Waals surface area contributed by atoms with Gasteiger partial charge in [-0.1, -0.05) is 6.07 Å². The van der Waals surface area contributed by atoms with E-state index in [0.717, 1.165) is 0 Å². The van der Waals surface area contributed by atoms with Gasteiger partial charge in [0.05, 0.1) is 19.9 Å². The zero-order valence-electron chi connectivity index (χ0n) is 17.9. The van der Waals surface area contributed by atoms with E-state index >= 15 is 0 Å². The van der Waals surface area contributed by atoms with Crippen molar-refractivity contribution in [3.8, 4) is 34.5 Å². The number of benzene rings is 3. The van der Waals surface area contributed by atoms with Crippen LogP contribution in [0, 0.1) is 5.82 Å². The third-order valence-corrected chi connectivity index (χ3v) is 4.71. The summed E-state index contributed by atoms with van der Waals surface area (Å²) < 4.78 is 29.5. The molecule has 0 saturated heterocycles.